The molecule has 180 valence electrons. The Hall–Kier alpha value is -4.73. The minimum absolute atomic E-state index is 0.0252. The van der Waals surface area contributed by atoms with Gasteiger partial charge in [-0.1, -0.05) is 12.1 Å². The summed E-state index contributed by atoms with van der Waals surface area (Å²) < 4.78 is 23.0. The van der Waals surface area contributed by atoms with Crippen molar-refractivity contribution in [3.05, 3.63) is 72.1 Å². The number of hydrogen-bond acceptors (Lipinski definition) is 8. The quantitative estimate of drug-likeness (QED) is 0.352. The molecule has 0 unspecified atom stereocenters. The number of rotatable bonds is 4. The molecule has 1 aliphatic rings. The first kappa shape index (κ1) is 21.8. The number of hydrogen-bond donors (Lipinski definition) is 2. The molecule has 4 heterocycles. The molecule has 1 aliphatic heterocycles. The molecule has 3 aromatic heterocycles. The van der Waals surface area contributed by atoms with Gasteiger partial charge in [0.15, 0.2) is 11.6 Å². The van der Waals surface area contributed by atoms with Crippen molar-refractivity contribution in [3.8, 4) is 22.9 Å². The van der Waals surface area contributed by atoms with Crippen molar-refractivity contribution in [1.29, 1.82) is 0 Å². The number of nitrogen functional groups attached to an aromatic ring is 2. The van der Waals surface area contributed by atoms with Crippen molar-refractivity contribution in [1.82, 2.24) is 24.5 Å². The maximum atomic E-state index is 15.3. The summed E-state index contributed by atoms with van der Waals surface area (Å²) in [6.45, 7) is 5.20. The lowest BCUT2D eigenvalue weighted by Crippen LogP contribution is -2.16. The summed E-state index contributed by atoms with van der Waals surface area (Å²) in [6, 6.07) is 12.4. The van der Waals surface area contributed by atoms with E-state index in [1.807, 2.05) is 32.0 Å². The Morgan fingerprint density at radius 3 is 2.67 bits per heavy atom. The SMILES string of the molecule is Cc1ccnc(Oc2ccc(-c3c4n(c5ncnc(N)c35)CCN4c3cccc(N)c3C)cc2F)n1. The van der Waals surface area contributed by atoms with E-state index in [0.29, 0.717) is 41.2 Å². The number of benzene rings is 2. The Labute approximate surface area is 206 Å². The molecule has 6 rings (SSSR count). The molecule has 0 bridgehead atoms. The van der Waals surface area contributed by atoms with Crippen LogP contribution in [0.15, 0.2) is 55.0 Å². The number of nitrogens with zero attached hydrogens (tertiary/aromatic N) is 6. The van der Waals surface area contributed by atoms with Gasteiger partial charge in [-0.3, -0.25) is 0 Å². The highest BCUT2D eigenvalue weighted by Crippen LogP contribution is 2.48. The Morgan fingerprint density at radius 1 is 1.00 bits per heavy atom. The van der Waals surface area contributed by atoms with Gasteiger partial charge in [-0.15, -0.1) is 0 Å². The van der Waals surface area contributed by atoms with Crippen LogP contribution in [0.1, 0.15) is 11.3 Å². The highest BCUT2D eigenvalue weighted by molar-refractivity contribution is 6.08. The lowest BCUT2D eigenvalue weighted by atomic mass is 10.0. The Morgan fingerprint density at radius 2 is 1.86 bits per heavy atom. The van der Waals surface area contributed by atoms with Crippen LogP contribution in [0, 0.1) is 19.7 Å². The predicted molar refractivity (Wildman–Crippen MR) is 137 cm³/mol. The predicted octanol–water partition coefficient (Wildman–Crippen LogP) is 4.75. The molecule has 0 aliphatic carbocycles. The number of aromatic nitrogens is 5. The first-order valence-electron chi connectivity index (χ1n) is 11.4. The largest absolute Gasteiger partial charge is 0.421 e. The number of nitrogens with two attached hydrogens (primary N) is 2. The van der Waals surface area contributed by atoms with Crippen LogP contribution in [0.25, 0.3) is 22.2 Å². The maximum Gasteiger partial charge on any atom is 0.322 e. The molecule has 9 nitrogen and oxygen atoms in total. The van der Waals surface area contributed by atoms with E-state index in [1.54, 1.807) is 24.4 Å². The van der Waals surface area contributed by atoms with Crippen molar-refractivity contribution in [2.45, 2.75) is 20.4 Å². The third kappa shape index (κ3) is 3.37. The fraction of sp³-hybridized carbons (Fsp3) is 0.154. The van der Waals surface area contributed by atoms with Gasteiger partial charge in [0.05, 0.1) is 5.39 Å². The third-order valence-electron chi connectivity index (χ3n) is 6.48. The van der Waals surface area contributed by atoms with E-state index in [-0.39, 0.29) is 11.8 Å². The van der Waals surface area contributed by atoms with E-state index < -0.39 is 5.82 Å². The zero-order valence-electron chi connectivity index (χ0n) is 19.7. The highest BCUT2D eigenvalue weighted by Gasteiger charge is 2.32. The molecular weight excluding hydrogens is 459 g/mol. The van der Waals surface area contributed by atoms with Gasteiger partial charge in [-0.25, -0.2) is 24.3 Å². The number of halogens is 1. The maximum absolute atomic E-state index is 15.3. The summed E-state index contributed by atoms with van der Waals surface area (Å²) in [5.41, 5.74) is 18.0. The van der Waals surface area contributed by atoms with Crippen LogP contribution in [0.4, 0.5) is 27.4 Å². The molecule has 5 aromatic rings. The molecule has 0 radical (unpaired) electrons. The van der Waals surface area contributed by atoms with Crippen LogP contribution >= 0.6 is 0 Å². The van der Waals surface area contributed by atoms with Crippen LogP contribution in [-0.2, 0) is 6.54 Å². The van der Waals surface area contributed by atoms with Crippen LogP contribution in [0.5, 0.6) is 11.8 Å². The van der Waals surface area contributed by atoms with Crippen LogP contribution in [0.3, 0.4) is 0 Å². The van der Waals surface area contributed by atoms with E-state index in [2.05, 4.69) is 29.4 Å². The van der Waals surface area contributed by atoms with Crippen LogP contribution < -0.4 is 21.1 Å². The Kier molecular flexibility index (Phi) is 4.96. The standard InChI is InChI=1S/C26H23FN8O/c1-14-8-9-30-26(33-14)36-20-7-6-16(12-17(20)27)21-22-23(29)31-13-32-24(22)35-11-10-34(25(21)35)19-5-3-4-18(28)15(19)2/h3-9,12-13H,10-11,28H2,1-2H3,(H2,29,31,32). The van der Waals surface area contributed by atoms with Crippen LogP contribution in [0.2, 0.25) is 0 Å². The molecular formula is C26H23FN8O. The molecule has 4 N–H and O–H groups in total. The molecule has 0 saturated carbocycles. The molecule has 10 heteroatoms. The summed E-state index contributed by atoms with van der Waals surface area (Å²) in [5, 5.41) is 0.675. The minimum atomic E-state index is -0.550. The third-order valence-corrected chi connectivity index (χ3v) is 6.48. The van der Waals surface area contributed by atoms with Crippen molar-refractivity contribution in [2.24, 2.45) is 0 Å². The average Bonchev–Trinajstić information content (AvgIpc) is 3.42. The van der Waals surface area contributed by atoms with E-state index in [1.165, 1.54) is 12.4 Å². The molecule has 2 aromatic carbocycles. The van der Waals surface area contributed by atoms with Gasteiger partial charge in [0, 0.05) is 41.9 Å². The van der Waals surface area contributed by atoms with E-state index in [9.17, 15) is 0 Å². The number of ether oxygens (including phenoxy) is 1. The lowest BCUT2D eigenvalue weighted by Gasteiger charge is -2.23. The second-order valence-electron chi connectivity index (χ2n) is 8.68. The molecule has 0 fully saturated rings. The minimum Gasteiger partial charge on any atom is -0.421 e. The van der Waals surface area contributed by atoms with Gasteiger partial charge in [-0.2, -0.15) is 0 Å². The van der Waals surface area contributed by atoms with Gasteiger partial charge < -0.3 is 25.7 Å². The molecule has 36 heavy (non-hydrogen) atoms. The summed E-state index contributed by atoms with van der Waals surface area (Å²) in [6.07, 6.45) is 3.01. The Bertz CT molecular complexity index is 1650. The van der Waals surface area contributed by atoms with Gasteiger partial charge in [0.1, 0.15) is 23.6 Å². The Balaban J connectivity index is 1.52. The number of aryl methyl sites for hydroxylation is 1. The highest BCUT2D eigenvalue weighted by atomic mass is 19.1. The van der Waals surface area contributed by atoms with Crippen molar-refractivity contribution < 1.29 is 9.13 Å². The number of anilines is 4. The zero-order valence-corrected chi connectivity index (χ0v) is 19.7. The zero-order chi connectivity index (χ0) is 25.0. The monoisotopic (exact) mass is 482 g/mol. The van der Waals surface area contributed by atoms with E-state index in [0.717, 1.165) is 28.3 Å². The normalized spacial score (nSPS) is 12.8. The van der Waals surface area contributed by atoms with Gasteiger partial charge >= 0.3 is 6.01 Å². The molecule has 0 atom stereocenters. The van der Waals surface area contributed by atoms with Crippen molar-refractivity contribution in [3.63, 3.8) is 0 Å². The number of fused-ring (bicyclic) bond motifs is 3. The topological polar surface area (TPSA) is 121 Å². The summed E-state index contributed by atoms with van der Waals surface area (Å²) in [5.74, 6) is 0.666. The van der Waals surface area contributed by atoms with Crippen molar-refractivity contribution >= 4 is 34.0 Å². The van der Waals surface area contributed by atoms with Gasteiger partial charge in [-0.05, 0) is 55.3 Å². The van der Waals surface area contributed by atoms with E-state index in [4.69, 9.17) is 16.2 Å². The second kappa shape index (κ2) is 8.19. The van der Waals surface area contributed by atoms with Crippen molar-refractivity contribution in [2.75, 3.05) is 22.9 Å². The molecule has 0 saturated heterocycles. The fourth-order valence-corrected chi connectivity index (χ4v) is 4.73. The van der Waals surface area contributed by atoms with Gasteiger partial charge in [0.2, 0.25) is 0 Å². The van der Waals surface area contributed by atoms with Crippen LogP contribution in [-0.4, -0.2) is 31.0 Å². The first-order chi connectivity index (χ1) is 17.4. The second-order valence-corrected chi connectivity index (χ2v) is 8.68. The summed E-state index contributed by atoms with van der Waals surface area (Å²) in [4.78, 5) is 19.1. The smallest absolute Gasteiger partial charge is 0.322 e. The lowest BCUT2D eigenvalue weighted by molar-refractivity contribution is 0.410. The molecule has 0 spiro atoms. The first-order valence-corrected chi connectivity index (χ1v) is 11.4. The summed E-state index contributed by atoms with van der Waals surface area (Å²) >= 11 is 0. The fourth-order valence-electron chi connectivity index (χ4n) is 4.73. The summed E-state index contributed by atoms with van der Waals surface area (Å²) in [7, 11) is 0. The average molecular weight is 483 g/mol. The van der Waals surface area contributed by atoms with E-state index >= 15 is 4.39 Å². The molecule has 0 amide bonds. The van der Waals surface area contributed by atoms with Gasteiger partial charge in [0.25, 0.3) is 0 Å².